The molecular weight excluding hydrogens is 430 g/mol. The number of anilines is 1. The first-order valence-corrected chi connectivity index (χ1v) is 12.1. The van der Waals surface area contributed by atoms with Gasteiger partial charge in [-0.2, -0.15) is 0 Å². The van der Waals surface area contributed by atoms with E-state index in [9.17, 15) is 13.2 Å². The van der Waals surface area contributed by atoms with Gasteiger partial charge in [0.25, 0.3) is 15.9 Å². The van der Waals surface area contributed by atoms with Crippen LogP contribution in [0.25, 0.3) is 0 Å². The van der Waals surface area contributed by atoms with Gasteiger partial charge in [-0.25, -0.2) is 8.42 Å². The van der Waals surface area contributed by atoms with Gasteiger partial charge in [-0.15, -0.1) is 11.3 Å². The Morgan fingerprint density at radius 3 is 2.31 bits per heavy atom. The fourth-order valence-electron chi connectivity index (χ4n) is 4.29. The third-order valence-corrected chi connectivity index (χ3v) is 7.98. The molecule has 0 saturated carbocycles. The van der Waals surface area contributed by atoms with Gasteiger partial charge in [-0.3, -0.25) is 9.52 Å². The average Bonchev–Trinajstić information content (AvgIpc) is 2.99. The zero-order chi connectivity index (χ0) is 21.4. The van der Waals surface area contributed by atoms with Crippen LogP contribution in [0.4, 0.5) is 5.69 Å². The van der Waals surface area contributed by atoms with Crippen molar-refractivity contribution in [3.8, 4) is 0 Å². The third kappa shape index (κ3) is 5.51. The molecule has 4 N–H and O–H groups in total. The number of nitrogens with one attached hydrogen (secondary N) is 2. The van der Waals surface area contributed by atoms with Gasteiger partial charge in [0.15, 0.2) is 0 Å². The van der Waals surface area contributed by atoms with Crippen LogP contribution in [0, 0.1) is 0 Å². The summed E-state index contributed by atoms with van der Waals surface area (Å²) in [4.78, 5) is 13.0. The van der Waals surface area contributed by atoms with Crippen molar-refractivity contribution in [3.05, 3.63) is 46.3 Å². The highest BCUT2D eigenvalue weighted by molar-refractivity contribution is 7.94. The highest BCUT2D eigenvalue weighted by Crippen LogP contribution is 2.28. The van der Waals surface area contributed by atoms with Crippen molar-refractivity contribution < 1.29 is 18.5 Å². The van der Waals surface area contributed by atoms with E-state index >= 15 is 0 Å². The molecule has 1 aliphatic heterocycles. The van der Waals surface area contributed by atoms with Gasteiger partial charge >= 0.3 is 0 Å². The Morgan fingerprint density at radius 2 is 1.72 bits per heavy atom. The van der Waals surface area contributed by atoms with Gasteiger partial charge in [0.05, 0.1) is 26.7 Å². The molecule has 1 aliphatic rings. The number of nitrogens with two attached hydrogens (primary N) is 1. The largest absolute Gasteiger partial charge is 0.349 e. The second-order valence-electron chi connectivity index (χ2n) is 8.91. The lowest BCUT2D eigenvalue weighted by molar-refractivity contribution is -0.787. The molecule has 1 aromatic carbocycles. The normalized spacial score (nSPS) is 18.9. The minimum Gasteiger partial charge on any atom is -0.349 e. The Labute approximate surface area is 181 Å². The third-order valence-electron chi connectivity index (χ3n) is 4.89. The molecule has 0 atom stereocenters. The first-order valence-electron chi connectivity index (χ1n) is 9.42. The Morgan fingerprint density at radius 1 is 1.10 bits per heavy atom. The standard InChI is InChI=1S/C20H26ClN3O3S2/c1-19(2)11-13(12-20(3,4)24-19)22-18(25)14-7-5-6-8-15(14)23-29(26,27)17-10-9-16(21)28-17/h5-10,13,23-24H,11-12H2,1-4H3,(H,22,25)/p+1. The first kappa shape index (κ1) is 22.1. The number of benzene rings is 1. The van der Waals surface area contributed by atoms with Crippen LogP contribution in [-0.2, 0) is 10.0 Å². The number of hydrogen-bond acceptors (Lipinski definition) is 4. The predicted octanol–water partition coefficient (Wildman–Crippen LogP) is 3.22. The van der Waals surface area contributed by atoms with Crippen LogP contribution in [0.3, 0.4) is 0 Å². The fraction of sp³-hybridized carbons (Fsp3) is 0.450. The van der Waals surface area contributed by atoms with Crippen molar-refractivity contribution in [2.75, 3.05) is 4.72 Å². The van der Waals surface area contributed by atoms with Crippen LogP contribution in [0.2, 0.25) is 4.34 Å². The molecule has 0 aliphatic carbocycles. The first-order chi connectivity index (χ1) is 13.4. The minimum atomic E-state index is -3.82. The molecule has 3 rings (SSSR count). The van der Waals surface area contributed by atoms with E-state index < -0.39 is 10.0 Å². The van der Waals surface area contributed by atoms with Gasteiger partial charge in [-0.05, 0) is 52.0 Å². The maximum Gasteiger partial charge on any atom is 0.271 e. The van der Waals surface area contributed by atoms with E-state index in [0.29, 0.717) is 9.90 Å². The number of carbonyl (C=O) groups is 1. The van der Waals surface area contributed by atoms with Crippen molar-refractivity contribution in [2.45, 2.75) is 61.9 Å². The van der Waals surface area contributed by atoms with Crippen LogP contribution < -0.4 is 15.4 Å². The topological polar surface area (TPSA) is 91.9 Å². The highest BCUT2D eigenvalue weighted by Gasteiger charge is 2.42. The summed E-state index contributed by atoms with van der Waals surface area (Å²) < 4.78 is 28.3. The van der Waals surface area contributed by atoms with Crippen molar-refractivity contribution in [1.29, 1.82) is 0 Å². The van der Waals surface area contributed by atoms with Crippen LogP contribution in [0.5, 0.6) is 0 Å². The number of para-hydroxylation sites is 1. The van der Waals surface area contributed by atoms with Gasteiger partial charge in [-0.1, -0.05) is 23.7 Å². The zero-order valence-corrected chi connectivity index (χ0v) is 19.3. The van der Waals surface area contributed by atoms with Gasteiger partial charge < -0.3 is 10.6 Å². The average molecular weight is 457 g/mol. The molecule has 1 aromatic heterocycles. The summed E-state index contributed by atoms with van der Waals surface area (Å²) in [5, 5.41) is 5.45. The summed E-state index contributed by atoms with van der Waals surface area (Å²) in [5.41, 5.74) is 0.567. The Kier molecular flexibility index (Phi) is 6.02. The fourth-order valence-corrected chi connectivity index (χ4v) is 6.85. The highest BCUT2D eigenvalue weighted by atomic mass is 35.5. The molecule has 2 aromatic rings. The predicted molar refractivity (Wildman–Crippen MR) is 117 cm³/mol. The number of thiophene rings is 1. The van der Waals surface area contributed by atoms with Crippen molar-refractivity contribution in [1.82, 2.24) is 5.32 Å². The van der Waals surface area contributed by atoms with Crippen molar-refractivity contribution >= 4 is 44.6 Å². The second-order valence-corrected chi connectivity index (χ2v) is 12.5. The number of sulfonamides is 1. The number of rotatable bonds is 5. The Balaban J connectivity index is 1.80. The monoisotopic (exact) mass is 456 g/mol. The summed E-state index contributed by atoms with van der Waals surface area (Å²) in [6.45, 7) is 8.67. The second kappa shape index (κ2) is 7.91. The molecular formula is C20H27ClN3O3S2+. The van der Waals surface area contributed by atoms with Crippen molar-refractivity contribution in [3.63, 3.8) is 0 Å². The van der Waals surface area contributed by atoms with E-state index in [1.807, 2.05) is 0 Å². The summed E-state index contributed by atoms with van der Waals surface area (Å²) in [5.74, 6) is -0.286. The molecule has 1 amide bonds. The molecule has 2 heterocycles. The molecule has 0 spiro atoms. The van der Waals surface area contributed by atoms with E-state index in [1.165, 1.54) is 12.1 Å². The Bertz CT molecular complexity index is 999. The number of carbonyl (C=O) groups excluding carboxylic acids is 1. The van der Waals surface area contributed by atoms with Gasteiger partial charge in [0.2, 0.25) is 0 Å². The summed E-state index contributed by atoms with van der Waals surface area (Å²) >= 11 is 6.83. The lowest BCUT2D eigenvalue weighted by Crippen LogP contribution is -3.06. The van der Waals surface area contributed by atoms with E-state index in [2.05, 4.69) is 43.1 Å². The number of piperidine rings is 1. The molecule has 0 bridgehead atoms. The molecule has 9 heteroatoms. The summed E-state index contributed by atoms with van der Waals surface area (Å²) in [6, 6.07) is 9.61. The van der Waals surface area contributed by atoms with E-state index in [-0.39, 0.29) is 32.9 Å². The van der Waals surface area contributed by atoms with E-state index in [0.717, 1.165) is 24.2 Å². The number of quaternary nitrogens is 1. The molecule has 1 fully saturated rings. The smallest absolute Gasteiger partial charge is 0.271 e. The van der Waals surface area contributed by atoms with Gasteiger partial charge in [0.1, 0.15) is 4.21 Å². The Hall–Kier alpha value is -1.61. The molecule has 158 valence electrons. The van der Waals surface area contributed by atoms with Crippen LogP contribution >= 0.6 is 22.9 Å². The quantitative estimate of drug-likeness (QED) is 0.645. The molecule has 0 radical (unpaired) electrons. The van der Waals surface area contributed by atoms with E-state index in [4.69, 9.17) is 11.6 Å². The van der Waals surface area contributed by atoms with Crippen LogP contribution in [0.15, 0.2) is 40.6 Å². The molecule has 1 saturated heterocycles. The lowest BCUT2D eigenvalue weighted by atomic mass is 9.79. The van der Waals surface area contributed by atoms with Crippen molar-refractivity contribution in [2.24, 2.45) is 0 Å². The summed E-state index contributed by atoms with van der Waals surface area (Å²) in [7, 11) is -3.82. The minimum absolute atomic E-state index is 0.0123. The summed E-state index contributed by atoms with van der Waals surface area (Å²) in [6.07, 6.45) is 1.67. The van der Waals surface area contributed by atoms with Crippen LogP contribution in [-0.4, -0.2) is 31.4 Å². The lowest BCUT2D eigenvalue weighted by Gasteiger charge is -2.43. The molecule has 6 nitrogen and oxygen atoms in total. The molecule has 29 heavy (non-hydrogen) atoms. The zero-order valence-electron chi connectivity index (χ0n) is 17.0. The molecule has 0 unspecified atom stereocenters. The number of hydrogen-bond donors (Lipinski definition) is 3. The maximum atomic E-state index is 13.0. The van der Waals surface area contributed by atoms with Crippen LogP contribution in [0.1, 0.15) is 50.9 Å². The van der Waals surface area contributed by atoms with E-state index in [1.54, 1.807) is 24.3 Å². The van der Waals surface area contributed by atoms with Gasteiger partial charge in [0, 0.05) is 18.9 Å². The number of amides is 1. The number of halogens is 1. The maximum absolute atomic E-state index is 13.0. The SMILES string of the molecule is CC1(C)CC(NC(=O)c2ccccc2NS(=O)(=O)c2ccc(Cl)s2)CC(C)(C)[NH2+]1.